The van der Waals surface area contributed by atoms with Crippen LogP contribution in [0.5, 0.6) is 5.88 Å². The van der Waals surface area contributed by atoms with E-state index in [1.54, 1.807) is 6.20 Å². The fourth-order valence-corrected chi connectivity index (χ4v) is 1.89. The Morgan fingerprint density at radius 1 is 1.59 bits per heavy atom. The summed E-state index contributed by atoms with van der Waals surface area (Å²) in [6.07, 6.45) is 5.13. The molecule has 0 amide bonds. The minimum Gasteiger partial charge on any atom is -0.474 e. The first-order valence-electron chi connectivity index (χ1n) is 5.91. The molecule has 1 fully saturated rings. The van der Waals surface area contributed by atoms with Gasteiger partial charge in [-0.05, 0) is 37.8 Å². The van der Waals surface area contributed by atoms with Crippen LogP contribution in [0.3, 0.4) is 0 Å². The van der Waals surface area contributed by atoms with E-state index in [4.69, 9.17) is 14.7 Å². The van der Waals surface area contributed by atoms with Crippen LogP contribution in [0.25, 0.3) is 0 Å². The van der Waals surface area contributed by atoms with Gasteiger partial charge in [0.15, 0.2) is 0 Å². The maximum absolute atomic E-state index is 9.03. The number of hydrogen-bond acceptors (Lipinski definition) is 4. The number of ether oxygens (including phenoxy) is 2. The molecule has 0 saturated carbocycles. The van der Waals surface area contributed by atoms with Crippen molar-refractivity contribution in [1.82, 2.24) is 4.98 Å². The summed E-state index contributed by atoms with van der Waals surface area (Å²) in [5, 5.41) is 9.03. The SMILES string of the molecule is Cc1ccnc(OCC2CCCCO2)c1C#N. The third kappa shape index (κ3) is 2.95. The van der Waals surface area contributed by atoms with Gasteiger partial charge in [-0.15, -0.1) is 0 Å². The maximum Gasteiger partial charge on any atom is 0.231 e. The van der Waals surface area contributed by atoms with E-state index in [0.717, 1.165) is 25.0 Å². The van der Waals surface area contributed by atoms with Gasteiger partial charge in [0, 0.05) is 12.8 Å². The lowest BCUT2D eigenvalue weighted by atomic mass is 10.1. The van der Waals surface area contributed by atoms with Crippen molar-refractivity contribution in [2.24, 2.45) is 0 Å². The van der Waals surface area contributed by atoms with Crippen molar-refractivity contribution in [3.63, 3.8) is 0 Å². The number of aromatic nitrogens is 1. The first-order chi connectivity index (χ1) is 8.31. The predicted molar refractivity (Wildman–Crippen MR) is 62.8 cm³/mol. The Morgan fingerprint density at radius 3 is 3.18 bits per heavy atom. The molecule has 0 radical (unpaired) electrons. The summed E-state index contributed by atoms with van der Waals surface area (Å²) in [5.74, 6) is 0.418. The molecule has 1 aromatic heterocycles. The van der Waals surface area contributed by atoms with Crippen LogP contribution in [0, 0.1) is 18.3 Å². The molecular formula is C13H16N2O2. The highest BCUT2D eigenvalue weighted by molar-refractivity contribution is 5.43. The lowest BCUT2D eigenvalue weighted by Gasteiger charge is -2.22. The van der Waals surface area contributed by atoms with Gasteiger partial charge in [0.1, 0.15) is 18.2 Å². The van der Waals surface area contributed by atoms with Gasteiger partial charge in [-0.25, -0.2) is 4.98 Å². The third-order valence-corrected chi connectivity index (χ3v) is 2.92. The Bertz CT molecular complexity index is 420. The van der Waals surface area contributed by atoms with Crippen molar-refractivity contribution >= 4 is 0 Å². The van der Waals surface area contributed by atoms with E-state index in [1.807, 2.05) is 13.0 Å². The fourth-order valence-electron chi connectivity index (χ4n) is 1.89. The second kappa shape index (κ2) is 5.65. The lowest BCUT2D eigenvalue weighted by molar-refractivity contribution is -0.0120. The van der Waals surface area contributed by atoms with Gasteiger partial charge >= 0.3 is 0 Å². The van der Waals surface area contributed by atoms with Crippen LogP contribution in [0.4, 0.5) is 0 Å². The van der Waals surface area contributed by atoms with Crippen molar-refractivity contribution in [2.75, 3.05) is 13.2 Å². The summed E-state index contributed by atoms with van der Waals surface area (Å²) >= 11 is 0. The van der Waals surface area contributed by atoms with E-state index in [1.165, 1.54) is 6.42 Å². The van der Waals surface area contributed by atoms with Crippen LogP contribution in [-0.4, -0.2) is 24.3 Å². The molecule has 0 bridgehead atoms. The Hall–Kier alpha value is -1.60. The monoisotopic (exact) mass is 232 g/mol. The number of aryl methyl sites for hydroxylation is 1. The second-order valence-electron chi connectivity index (χ2n) is 4.22. The Balaban J connectivity index is 1.99. The number of nitrogens with zero attached hydrogens (tertiary/aromatic N) is 2. The van der Waals surface area contributed by atoms with Gasteiger partial charge in [0.25, 0.3) is 0 Å². The second-order valence-corrected chi connectivity index (χ2v) is 4.22. The summed E-state index contributed by atoms with van der Waals surface area (Å²) in [6, 6.07) is 3.93. The third-order valence-electron chi connectivity index (χ3n) is 2.92. The van der Waals surface area contributed by atoms with E-state index < -0.39 is 0 Å². The molecule has 1 atom stereocenters. The maximum atomic E-state index is 9.03. The minimum atomic E-state index is 0.137. The molecule has 1 aromatic rings. The summed E-state index contributed by atoms with van der Waals surface area (Å²) in [4.78, 5) is 4.09. The molecule has 1 unspecified atom stereocenters. The van der Waals surface area contributed by atoms with Crippen molar-refractivity contribution in [1.29, 1.82) is 5.26 Å². The minimum absolute atomic E-state index is 0.137. The molecule has 0 aromatic carbocycles. The van der Waals surface area contributed by atoms with Gasteiger partial charge in [0.05, 0.1) is 6.10 Å². The highest BCUT2D eigenvalue weighted by atomic mass is 16.5. The van der Waals surface area contributed by atoms with Gasteiger partial charge in [-0.3, -0.25) is 0 Å². The average molecular weight is 232 g/mol. The zero-order valence-electron chi connectivity index (χ0n) is 9.98. The van der Waals surface area contributed by atoms with Crippen molar-refractivity contribution in [3.05, 3.63) is 23.4 Å². The number of hydrogen-bond donors (Lipinski definition) is 0. The molecule has 90 valence electrons. The highest BCUT2D eigenvalue weighted by Gasteiger charge is 2.16. The van der Waals surface area contributed by atoms with Crippen molar-refractivity contribution in [2.45, 2.75) is 32.3 Å². The van der Waals surface area contributed by atoms with E-state index in [9.17, 15) is 0 Å². The van der Waals surface area contributed by atoms with Gasteiger partial charge in [0.2, 0.25) is 5.88 Å². The van der Waals surface area contributed by atoms with Crippen LogP contribution in [0.15, 0.2) is 12.3 Å². The normalized spacial score (nSPS) is 19.6. The molecular weight excluding hydrogens is 216 g/mol. The van der Waals surface area contributed by atoms with Crippen molar-refractivity contribution < 1.29 is 9.47 Å². The van der Waals surface area contributed by atoms with Crippen LogP contribution in [0.1, 0.15) is 30.4 Å². The standard InChI is InChI=1S/C13H16N2O2/c1-10-5-6-15-13(12(10)8-14)17-9-11-4-2-3-7-16-11/h5-6,11H,2-4,7,9H2,1H3. The zero-order chi connectivity index (χ0) is 12.1. The number of nitriles is 1. The smallest absolute Gasteiger partial charge is 0.231 e. The Kier molecular flexibility index (Phi) is 3.94. The summed E-state index contributed by atoms with van der Waals surface area (Å²) in [5.41, 5.74) is 1.41. The Morgan fingerprint density at radius 2 is 2.47 bits per heavy atom. The van der Waals surface area contributed by atoms with E-state index >= 15 is 0 Å². The van der Waals surface area contributed by atoms with Gasteiger partial charge in [-0.2, -0.15) is 5.26 Å². The first kappa shape index (κ1) is 11.9. The summed E-state index contributed by atoms with van der Waals surface area (Å²) in [6.45, 7) is 3.16. The molecule has 2 heterocycles. The Labute approximate surface area is 101 Å². The molecule has 2 rings (SSSR count). The van der Waals surface area contributed by atoms with Crippen LogP contribution >= 0.6 is 0 Å². The molecule has 1 aliphatic heterocycles. The fraction of sp³-hybridized carbons (Fsp3) is 0.538. The average Bonchev–Trinajstić information content (AvgIpc) is 2.37. The molecule has 17 heavy (non-hydrogen) atoms. The molecule has 0 N–H and O–H groups in total. The van der Waals surface area contributed by atoms with E-state index in [0.29, 0.717) is 18.1 Å². The van der Waals surface area contributed by atoms with Crippen LogP contribution < -0.4 is 4.74 Å². The quantitative estimate of drug-likeness (QED) is 0.801. The van der Waals surface area contributed by atoms with E-state index in [2.05, 4.69) is 11.1 Å². The van der Waals surface area contributed by atoms with Crippen LogP contribution in [-0.2, 0) is 4.74 Å². The largest absolute Gasteiger partial charge is 0.474 e. The number of rotatable bonds is 3. The van der Waals surface area contributed by atoms with Crippen molar-refractivity contribution in [3.8, 4) is 11.9 Å². The summed E-state index contributed by atoms with van der Waals surface area (Å²) in [7, 11) is 0. The molecule has 4 heteroatoms. The van der Waals surface area contributed by atoms with E-state index in [-0.39, 0.29) is 6.10 Å². The van der Waals surface area contributed by atoms with Gasteiger partial charge in [-0.1, -0.05) is 0 Å². The zero-order valence-corrected chi connectivity index (χ0v) is 9.98. The molecule has 0 aliphatic carbocycles. The van der Waals surface area contributed by atoms with Crippen LogP contribution in [0.2, 0.25) is 0 Å². The first-order valence-corrected chi connectivity index (χ1v) is 5.91. The molecule has 1 aliphatic rings. The molecule has 1 saturated heterocycles. The molecule has 4 nitrogen and oxygen atoms in total. The predicted octanol–water partition coefficient (Wildman–Crippen LogP) is 2.21. The summed E-state index contributed by atoms with van der Waals surface area (Å²) < 4.78 is 11.2. The molecule has 0 spiro atoms. The highest BCUT2D eigenvalue weighted by Crippen LogP contribution is 2.19. The topological polar surface area (TPSA) is 55.1 Å². The lowest BCUT2D eigenvalue weighted by Crippen LogP contribution is -2.26. The number of pyridine rings is 1. The van der Waals surface area contributed by atoms with Gasteiger partial charge < -0.3 is 9.47 Å².